The largest absolute Gasteiger partial charge is 0.495 e. The van der Waals surface area contributed by atoms with Crippen LogP contribution in [0.5, 0.6) is 5.75 Å². The Kier molecular flexibility index (Phi) is 3.23. The van der Waals surface area contributed by atoms with Gasteiger partial charge in [-0.1, -0.05) is 0 Å². The van der Waals surface area contributed by atoms with Gasteiger partial charge in [0.2, 0.25) is 0 Å². The molecule has 0 aliphatic rings. The van der Waals surface area contributed by atoms with Crippen molar-refractivity contribution in [1.29, 1.82) is 0 Å². The van der Waals surface area contributed by atoms with E-state index in [1.807, 2.05) is 12.1 Å². The van der Waals surface area contributed by atoms with Crippen LogP contribution in [0.25, 0.3) is 0 Å². The second kappa shape index (κ2) is 3.79. The fourth-order valence-corrected chi connectivity index (χ4v) is 3.03. The van der Waals surface area contributed by atoms with Gasteiger partial charge < -0.3 is 10.5 Å². The molecule has 1 rings (SSSR count). The molecule has 0 fully saturated rings. The molecule has 0 amide bonds. The number of ether oxygens (including phenoxy) is 1. The first kappa shape index (κ1) is 9.37. The number of anilines is 1. The maximum Gasteiger partial charge on any atom is 0.145 e. The van der Waals surface area contributed by atoms with Crippen molar-refractivity contribution in [2.45, 2.75) is 0 Å². The van der Waals surface area contributed by atoms with Gasteiger partial charge >= 0.3 is 0 Å². The molecule has 0 heterocycles. The Morgan fingerprint density at radius 3 is 2.09 bits per heavy atom. The highest BCUT2D eigenvalue weighted by Crippen LogP contribution is 2.29. The van der Waals surface area contributed by atoms with Crippen molar-refractivity contribution in [3.8, 4) is 5.75 Å². The molecule has 4 heteroatoms. The number of rotatable bonds is 1. The number of benzene rings is 1. The molecule has 1 aromatic rings. The third kappa shape index (κ3) is 2.11. The van der Waals surface area contributed by atoms with Gasteiger partial charge in [-0.2, -0.15) is 0 Å². The highest BCUT2D eigenvalue weighted by Gasteiger charge is 2.04. The van der Waals surface area contributed by atoms with E-state index in [0.29, 0.717) is 0 Å². The Hall–Kier alpha value is 0.280. The van der Waals surface area contributed by atoms with Crippen LogP contribution in [0.3, 0.4) is 0 Å². The van der Waals surface area contributed by atoms with Gasteiger partial charge in [0, 0.05) is 5.69 Å². The maximum atomic E-state index is 5.62. The number of hydrogen-bond donors (Lipinski definition) is 1. The van der Waals surface area contributed by atoms with Crippen LogP contribution >= 0.6 is 45.2 Å². The molecule has 0 spiro atoms. The highest BCUT2D eigenvalue weighted by molar-refractivity contribution is 14.1. The second-order valence-electron chi connectivity index (χ2n) is 2.02. The van der Waals surface area contributed by atoms with Crippen LogP contribution in [-0.2, 0) is 0 Å². The molecule has 0 bridgehead atoms. The molecule has 1 aromatic carbocycles. The predicted molar refractivity (Wildman–Crippen MR) is 62.8 cm³/mol. The number of halogens is 2. The zero-order chi connectivity index (χ0) is 8.43. The van der Waals surface area contributed by atoms with Crippen molar-refractivity contribution >= 4 is 50.9 Å². The summed E-state index contributed by atoms with van der Waals surface area (Å²) >= 11 is 4.40. The third-order valence-electron chi connectivity index (χ3n) is 1.22. The summed E-state index contributed by atoms with van der Waals surface area (Å²) in [6, 6.07) is 3.78. The van der Waals surface area contributed by atoms with Crippen LogP contribution in [0.4, 0.5) is 5.69 Å². The minimum absolute atomic E-state index is 0.777. The Labute approximate surface area is 92.8 Å². The SMILES string of the molecule is COc1c(I)cc(N)cc1I. The van der Waals surface area contributed by atoms with Crippen molar-refractivity contribution in [1.82, 2.24) is 0 Å². The Bertz CT molecular complexity index is 252. The Morgan fingerprint density at radius 2 is 1.73 bits per heavy atom. The fraction of sp³-hybridized carbons (Fsp3) is 0.143. The molecular formula is C7H7I2NO. The van der Waals surface area contributed by atoms with E-state index in [4.69, 9.17) is 10.5 Å². The monoisotopic (exact) mass is 375 g/mol. The van der Waals surface area contributed by atoms with Gasteiger partial charge in [0.1, 0.15) is 5.75 Å². The summed E-state index contributed by atoms with van der Waals surface area (Å²) < 4.78 is 7.26. The number of nitrogens with two attached hydrogens (primary N) is 1. The molecule has 0 aromatic heterocycles. The van der Waals surface area contributed by atoms with E-state index in [1.165, 1.54) is 0 Å². The number of methoxy groups -OCH3 is 1. The zero-order valence-electron chi connectivity index (χ0n) is 5.90. The molecule has 11 heavy (non-hydrogen) atoms. The van der Waals surface area contributed by atoms with Gasteiger partial charge in [0.25, 0.3) is 0 Å². The third-order valence-corrected chi connectivity index (χ3v) is 2.83. The molecule has 0 saturated carbocycles. The van der Waals surface area contributed by atoms with Crippen LogP contribution in [0.1, 0.15) is 0 Å². The molecule has 0 atom stereocenters. The van der Waals surface area contributed by atoms with Crippen molar-refractivity contribution < 1.29 is 4.74 Å². The molecule has 0 radical (unpaired) electrons. The van der Waals surface area contributed by atoms with Gasteiger partial charge in [-0.05, 0) is 57.3 Å². The topological polar surface area (TPSA) is 35.2 Å². The highest BCUT2D eigenvalue weighted by atomic mass is 127. The van der Waals surface area contributed by atoms with Crippen molar-refractivity contribution in [2.24, 2.45) is 0 Å². The average Bonchev–Trinajstić information content (AvgIpc) is 1.85. The van der Waals surface area contributed by atoms with Crippen LogP contribution < -0.4 is 10.5 Å². The maximum absolute atomic E-state index is 5.62. The van der Waals surface area contributed by atoms with Gasteiger partial charge in [-0.15, -0.1) is 0 Å². The smallest absolute Gasteiger partial charge is 0.145 e. The summed E-state index contributed by atoms with van der Waals surface area (Å²) in [4.78, 5) is 0. The van der Waals surface area contributed by atoms with Gasteiger partial charge in [-0.3, -0.25) is 0 Å². The standard InChI is InChI=1S/C7H7I2NO/c1-11-7-5(8)2-4(10)3-6(7)9/h2-3H,10H2,1H3. The number of nitrogen functional groups attached to an aromatic ring is 1. The van der Waals surface area contributed by atoms with Gasteiger partial charge in [0.05, 0.1) is 14.3 Å². The minimum atomic E-state index is 0.777. The van der Waals surface area contributed by atoms with E-state index in [9.17, 15) is 0 Å². The first-order chi connectivity index (χ1) is 5.15. The van der Waals surface area contributed by atoms with Crippen molar-refractivity contribution in [3.05, 3.63) is 19.3 Å². The Morgan fingerprint density at radius 1 is 1.27 bits per heavy atom. The first-order valence-corrected chi connectivity index (χ1v) is 5.09. The average molecular weight is 375 g/mol. The van der Waals surface area contributed by atoms with E-state index in [1.54, 1.807) is 7.11 Å². The second-order valence-corrected chi connectivity index (χ2v) is 4.34. The molecule has 0 unspecified atom stereocenters. The summed E-state index contributed by atoms with van der Waals surface area (Å²) in [7, 11) is 1.66. The quantitative estimate of drug-likeness (QED) is 0.605. The molecule has 60 valence electrons. The molecule has 0 aliphatic heterocycles. The molecule has 2 N–H and O–H groups in total. The summed E-state index contributed by atoms with van der Waals surface area (Å²) in [6.07, 6.45) is 0. The van der Waals surface area contributed by atoms with E-state index in [-0.39, 0.29) is 0 Å². The zero-order valence-corrected chi connectivity index (χ0v) is 10.2. The summed E-state index contributed by atoms with van der Waals surface area (Å²) in [5.74, 6) is 0.903. The summed E-state index contributed by atoms with van der Waals surface area (Å²) in [5, 5.41) is 0. The fourth-order valence-electron chi connectivity index (χ4n) is 0.774. The molecule has 2 nitrogen and oxygen atoms in total. The first-order valence-electron chi connectivity index (χ1n) is 2.93. The van der Waals surface area contributed by atoms with E-state index in [2.05, 4.69) is 45.2 Å². The lowest BCUT2D eigenvalue weighted by molar-refractivity contribution is 0.409. The predicted octanol–water partition coefficient (Wildman–Crippen LogP) is 2.49. The van der Waals surface area contributed by atoms with Gasteiger partial charge in [0.15, 0.2) is 0 Å². The molecular weight excluding hydrogens is 368 g/mol. The minimum Gasteiger partial charge on any atom is -0.495 e. The number of hydrogen-bond acceptors (Lipinski definition) is 2. The lowest BCUT2D eigenvalue weighted by Crippen LogP contribution is -1.93. The van der Waals surface area contributed by atoms with Crippen LogP contribution in [0.15, 0.2) is 12.1 Å². The van der Waals surface area contributed by atoms with Crippen LogP contribution in [-0.4, -0.2) is 7.11 Å². The molecule has 0 saturated heterocycles. The van der Waals surface area contributed by atoms with Crippen LogP contribution in [0, 0.1) is 7.14 Å². The summed E-state index contributed by atoms with van der Waals surface area (Å²) in [6.45, 7) is 0. The molecule has 0 aliphatic carbocycles. The Balaban J connectivity index is 3.25. The van der Waals surface area contributed by atoms with Crippen molar-refractivity contribution in [3.63, 3.8) is 0 Å². The lowest BCUT2D eigenvalue weighted by Gasteiger charge is -2.06. The van der Waals surface area contributed by atoms with E-state index >= 15 is 0 Å². The van der Waals surface area contributed by atoms with Gasteiger partial charge in [-0.25, -0.2) is 0 Å². The lowest BCUT2D eigenvalue weighted by atomic mass is 10.3. The normalized spacial score (nSPS) is 9.73. The summed E-state index contributed by atoms with van der Waals surface area (Å²) in [5.41, 5.74) is 6.40. The van der Waals surface area contributed by atoms with E-state index < -0.39 is 0 Å². The van der Waals surface area contributed by atoms with E-state index in [0.717, 1.165) is 18.6 Å². The van der Waals surface area contributed by atoms with Crippen molar-refractivity contribution in [2.75, 3.05) is 12.8 Å². The van der Waals surface area contributed by atoms with Crippen LogP contribution in [0.2, 0.25) is 0 Å².